The molecule has 0 spiro atoms. The van der Waals surface area contributed by atoms with Gasteiger partial charge in [-0.2, -0.15) is 5.48 Å². The Morgan fingerprint density at radius 2 is 2.08 bits per heavy atom. The van der Waals surface area contributed by atoms with Crippen LogP contribution in [-0.4, -0.2) is 29.1 Å². The molecule has 0 aliphatic carbocycles. The summed E-state index contributed by atoms with van der Waals surface area (Å²) in [6, 6.07) is 0. The molecule has 0 fully saturated rings. The number of nitrogens with one attached hydrogen (secondary N) is 1. The molecule has 0 aromatic heterocycles. The van der Waals surface area contributed by atoms with Crippen LogP contribution < -0.4 is 5.48 Å². The van der Waals surface area contributed by atoms with Crippen molar-refractivity contribution in [2.24, 2.45) is 0 Å². The number of hydroxylamine groups is 1. The second-order valence-corrected chi connectivity index (χ2v) is 2.51. The van der Waals surface area contributed by atoms with Gasteiger partial charge in [-0.15, -0.1) is 0 Å². The molecule has 0 aromatic rings. The molecule has 12 heavy (non-hydrogen) atoms. The lowest BCUT2D eigenvalue weighted by Gasteiger charge is -2.21. The normalized spacial score (nSPS) is 15.0. The molecule has 0 bridgehead atoms. The van der Waals surface area contributed by atoms with E-state index in [1.165, 1.54) is 13.8 Å². The van der Waals surface area contributed by atoms with Crippen molar-refractivity contribution in [2.45, 2.75) is 26.3 Å². The highest BCUT2D eigenvalue weighted by Crippen LogP contribution is 2.06. The molecule has 0 amide bonds. The Morgan fingerprint density at radius 3 is 2.33 bits per heavy atom. The average molecular weight is 175 g/mol. The van der Waals surface area contributed by atoms with Gasteiger partial charge in [-0.1, -0.05) is 0 Å². The number of hydrogen-bond acceptors (Lipinski definition) is 5. The molecular weight excluding hydrogens is 162 g/mol. The zero-order chi connectivity index (χ0) is 9.78. The highest BCUT2D eigenvalue weighted by atomic mass is 16.5. The van der Waals surface area contributed by atoms with Gasteiger partial charge in [0.2, 0.25) is 0 Å². The molecular formula is C7H13NO4. The standard InChI is InChI=1S/C7H13NO4/c1-4-12-6(10)7(3,8-11)5(2)9/h8,11H,4H2,1-3H3. The Balaban J connectivity index is 4.52. The second kappa shape index (κ2) is 4.18. The number of esters is 1. The number of ketones is 1. The van der Waals surface area contributed by atoms with E-state index in [-0.39, 0.29) is 6.61 Å². The van der Waals surface area contributed by atoms with Crippen LogP contribution >= 0.6 is 0 Å². The van der Waals surface area contributed by atoms with Gasteiger partial charge in [0.25, 0.3) is 0 Å². The molecule has 2 N–H and O–H groups in total. The zero-order valence-electron chi connectivity index (χ0n) is 7.38. The van der Waals surface area contributed by atoms with E-state index < -0.39 is 17.3 Å². The van der Waals surface area contributed by atoms with E-state index in [9.17, 15) is 9.59 Å². The van der Waals surface area contributed by atoms with Crippen molar-refractivity contribution >= 4 is 11.8 Å². The molecule has 0 aliphatic heterocycles. The van der Waals surface area contributed by atoms with E-state index >= 15 is 0 Å². The van der Waals surface area contributed by atoms with E-state index in [2.05, 4.69) is 4.74 Å². The fourth-order valence-electron chi connectivity index (χ4n) is 0.544. The van der Waals surface area contributed by atoms with Crippen molar-refractivity contribution in [2.75, 3.05) is 6.61 Å². The molecule has 0 rings (SSSR count). The van der Waals surface area contributed by atoms with Gasteiger partial charge in [0.05, 0.1) is 6.61 Å². The Hall–Kier alpha value is -0.940. The van der Waals surface area contributed by atoms with Crippen LogP contribution in [0.5, 0.6) is 0 Å². The summed E-state index contributed by atoms with van der Waals surface area (Å²) in [6.07, 6.45) is 0. The summed E-state index contributed by atoms with van der Waals surface area (Å²) in [5.74, 6) is -1.27. The van der Waals surface area contributed by atoms with Crippen LogP contribution in [0.25, 0.3) is 0 Å². The van der Waals surface area contributed by atoms with E-state index in [0.717, 1.165) is 0 Å². The fourth-order valence-corrected chi connectivity index (χ4v) is 0.544. The third kappa shape index (κ3) is 2.02. The van der Waals surface area contributed by atoms with E-state index in [1.54, 1.807) is 12.4 Å². The molecule has 1 unspecified atom stereocenters. The SMILES string of the molecule is CCOC(=O)C(C)(NO)C(C)=O. The van der Waals surface area contributed by atoms with Crippen LogP contribution in [0.1, 0.15) is 20.8 Å². The molecule has 0 heterocycles. The maximum Gasteiger partial charge on any atom is 0.336 e. The Morgan fingerprint density at radius 1 is 1.58 bits per heavy atom. The second-order valence-electron chi connectivity index (χ2n) is 2.51. The van der Waals surface area contributed by atoms with Gasteiger partial charge in [0.1, 0.15) is 0 Å². The summed E-state index contributed by atoms with van der Waals surface area (Å²) < 4.78 is 4.58. The minimum Gasteiger partial charge on any atom is -0.464 e. The molecule has 5 heteroatoms. The lowest BCUT2D eigenvalue weighted by atomic mass is 9.99. The summed E-state index contributed by atoms with van der Waals surface area (Å²) in [4.78, 5) is 22.0. The van der Waals surface area contributed by atoms with Gasteiger partial charge in [0.15, 0.2) is 11.3 Å². The topological polar surface area (TPSA) is 75.6 Å². The zero-order valence-corrected chi connectivity index (χ0v) is 7.38. The third-order valence-corrected chi connectivity index (χ3v) is 1.61. The number of Topliss-reactive ketones (excluding diaryl/α,β-unsaturated/α-hetero) is 1. The fraction of sp³-hybridized carbons (Fsp3) is 0.714. The molecule has 0 saturated carbocycles. The first-order valence-electron chi connectivity index (χ1n) is 3.58. The number of carbonyl (C=O) groups excluding carboxylic acids is 2. The van der Waals surface area contributed by atoms with Crippen molar-refractivity contribution in [3.05, 3.63) is 0 Å². The van der Waals surface area contributed by atoms with Gasteiger partial charge in [-0.05, 0) is 20.8 Å². The first-order valence-corrected chi connectivity index (χ1v) is 3.58. The maximum atomic E-state index is 11.1. The summed E-state index contributed by atoms with van der Waals surface area (Å²) in [5, 5.41) is 8.58. The highest BCUT2D eigenvalue weighted by Gasteiger charge is 2.39. The third-order valence-electron chi connectivity index (χ3n) is 1.61. The molecule has 0 aliphatic rings. The largest absolute Gasteiger partial charge is 0.464 e. The lowest BCUT2D eigenvalue weighted by molar-refractivity contribution is -0.159. The molecule has 0 saturated heterocycles. The first-order chi connectivity index (χ1) is 5.49. The number of ether oxygens (including phenoxy) is 1. The van der Waals surface area contributed by atoms with Crippen LogP contribution in [0.4, 0.5) is 0 Å². The number of hydrogen-bond donors (Lipinski definition) is 2. The van der Waals surface area contributed by atoms with E-state index in [1.807, 2.05) is 0 Å². The minimum atomic E-state index is -1.64. The highest BCUT2D eigenvalue weighted by molar-refractivity contribution is 6.06. The van der Waals surface area contributed by atoms with Gasteiger partial charge in [-0.25, -0.2) is 4.79 Å². The van der Waals surface area contributed by atoms with Gasteiger partial charge >= 0.3 is 5.97 Å². The van der Waals surface area contributed by atoms with Crippen LogP contribution in [-0.2, 0) is 14.3 Å². The van der Waals surface area contributed by atoms with Crippen LogP contribution in [0, 0.1) is 0 Å². The van der Waals surface area contributed by atoms with Crippen molar-refractivity contribution in [1.29, 1.82) is 0 Å². The maximum absolute atomic E-state index is 11.1. The van der Waals surface area contributed by atoms with Gasteiger partial charge in [0, 0.05) is 0 Å². The molecule has 5 nitrogen and oxygen atoms in total. The van der Waals surface area contributed by atoms with Crippen molar-refractivity contribution < 1.29 is 19.5 Å². The average Bonchev–Trinajstić information content (AvgIpc) is 2.03. The van der Waals surface area contributed by atoms with E-state index in [0.29, 0.717) is 0 Å². The Kier molecular flexibility index (Phi) is 3.85. The molecule has 0 aromatic carbocycles. The minimum absolute atomic E-state index is 0.170. The van der Waals surface area contributed by atoms with Crippen molar-refractivity contribution in [3.63, 3.8) is 0 Å². The molecule has 1 atom stereocenters. The Labute approximate surface area is 70.7 Å². The first kappa shape index (κ1) is 11.1. The van der Waals surface area contributed by atoms with Crippen LogP contribution in [0.15, 0.2) is 0 Å². The lowest BCUT2D eigenvalue weighted by Crippen LogP contribution is -2.54. The quantitative estimate of drug-likeness (QED) is 0.354. The number of rotatable bonds is 4. The van der Waals surface area contributed by atoms with E-state index in [4.69, 9.17) is 5.21 Å². The van der Waals surface area contributed by atoms with Crippen molar-refractivity contribution in [1.82, 2.24) is 5.48 Å². The predicted octanol–water partition coefficient (Wildman–Crippen LogP) is -0.124. The van der Waals surface area contributed by atoms with Gasteiger partial charge in [-0.3, -0.25) is 4.79 Å². The van der Waals surface area contributed by atoms with Crippen molar-refractivity contribution in [3.8, 4) is 0 Å². The summed E-state index contributed by atoms with van der Waals surface area (Å²) in [5.41, 5.74) is -0.00447. The van der Waals surface area contributed by atoms with Gasteiger partial charge < -0.3 is 9.94 Å². The summed E-state index contributed by atoms with van der Waals surface area (Å²) >= 11 is 0. The predicted molar refractivity (Wildman–Crippen MR) is 40.6 cm³/mol. The summed E-state index contributed by atoms with van der Waals surface area (Å²) in [7, 11) is 0. The summed E-state index contributed by atoms with van der Waals surface area (Å²) in [6.45, 7) is 4.24. The van der Waals surface area contributed by atoms with Crippen LogP contribution in [0.2, 0.25) is 0 Å². The van der Waals surface area contributed by atoms with Crippen LogP contribution in [0.3, 0.4) is 0 Å². The Bertz CT molecular complexity index is 192. The number of carbonyl (C=O) groups is 2. The monoisotopic (exact) mass is 175 g/mol. The molecule has 0 radical (unpaired) electrons. The molecule has 70 valence electrons. The smallest absolute Gasteiger partial charge is 0.336 e.